The highest BCUT2D eigenvalue weighted by Gasteiger charge is 2.36. The molecule has 7 nitrogen and oxygen atoms in total. The number of hydrogen-bond acceptors (Lipinski definition) is 4. The van der Waals surface area contributed by atoms with Gasteiger partial charge in [-0.1, -0.05) is 109 Å². The first kappa shape index (κ1) is 32.9. The minimum Gasteiger partial charge on any atom is -0.352 e. The number of anilines is 1. The lowest BCUT2D eigenvalue weighted by molar-refractivity contribution is -0.140. The van der Waals surface area contributed by atoms with Crippen LogP contribution in [0.15, 0.2) is 108 Å². The normalized spacial score (nSPS) is 14.1. The topological polar surface area (TPSA) is 86.8 Å². The van der Waals surface area contributed by atoms with Crippen molar-refractivity contribution in [1.29, 1.82) is 0 Å². The van der Waals surface area contributed by atoms with E-state index in [1.807, 2.05) is 87.5 Å². The lowest BCUT2D eigenvalue weighted by atomic mass is 10.0. The lowest BCUT2D eigenvalue weighted by Crippen LogP contribution is -2.54. The Hall–Kier alpha value is -4.43. The first-order valence-electron chi connectivity index (χ1n) is 16.0. The molecule has 240 valence electrons. The molecule has 8 heteroatoms. The van der Waals surface area contributed by atoms with Gasteiger partial charge in [-0.25, -0.2) is 8.42 Å². The molecule has 1 N–H and O–H groups in total. The lowest BCUT2D eigenvalue weighted by Gasteiger charge is -2.34. The number of nitrogens with zero attached hydrogens (tertiary/aromatic N) is 2. The zero-order valence-corrected chi connectivity index (χ0v) is 27.7. The second-order valence-corrected chi connectivity index (χ2v) is 14.2. The molecule has 4 aromatic rings. The third-order valence-corrected chi connectivity index (χ3v) is 10.5. The summed E-state index contributed by atoms with van der Waals surface area (Å²) in [6, 6.07) is 30.5. The Kier molecular flexibility index (Phi) is 10.6. The van der Waals surface area contributed by atoms with E-state index in [4.69, 9.17) is 0 Å². The molecule has 1 saturated carbocycles. The van der Waals surface area contributed by atoms with Crippen LogP contribution in [0.5, 0.6) is 0 Å². The number of sulfonamides is 1. The van der Waals surface area contributed by atoms with E-state index in [1.165, 1.54) is 4.31 Å². The van der Waals surface area contributed by atoms with E-state index >= 15 is 0 Å². The van der Waals surface area contributed by atoms with E-state index in [-0.39, 0.29) is 23.4 Å². The van der Waals surface area contributed by atoms with E-state index in [1.54, 1.807) is 41.3 Å². The first-order valence-corrected chi connectivity index (χ1v) is 17.4. The van der Waals surface area contributed by atoms with Crippen molar-refractivity contribution in [1.82, 2.24) is 10.2 Å². The molecule has 0 aromatic heterocycles. The van der Waals surface area contributed by atoms with Crippen molar-refractivity contribution >= 4 is 27.5 Å². The molecule has 0 saturated heterocycles. The Labute approximate surface area is 273 Å². The average molecular weight is 638 g/mol. The van der Waals surface area contributed by atoms with Gasteiger partial charge in [0.05, 0.1) is 10.6 Å². The Morgan fingerprint density at radius 1 is 0.783 bits per heavy atom. The summed E-state index contributed by atoms with van der Waals surface area (Å²) >= 11 is 0. The third kappa shape index (κ3) is 8.04. The second kappa shape index (κ2) is 14.8. The molecule has 1 aliphatic rings. The number of benzene rings is 4. The third-order valence-electron chi connectivity index (χ3n) is 8.68. The summed E-state index contributed by atoms with van der Waals surface area (Å²) in [6.07, 6.45) is 4.23. The fourth-order valence-electron chi connectivity index (χ4n) is 6.12. The van der Waals surface area contributed by atoms with Gasteiger partial charge in [-0.3, -0.25) is 13.9 Å². The van der Waals surface area contributed by atoms with Crippen LogP contribution in [0.3, 0.4) is 0 Å². The quantitative estimate of drug-likeness (QED) is 0.192. The molecule has 0 bridgehead atoms. The van der Waals surface area contributed by atoms with Gasteiger partial charge in [-0.15, -0.1) is 0 Å². The van der Waals surface area contributed by atoms with Crippen LogP contribution in [0.4, 0.5) is 5.69 Å². The van der Waals surface area contributed by atoms with Gasteiger partial charge in [0, 0.05) is 19.0 Å². The van der Waals surface area contributed by atoms with Crippen LogP contribution in [-0.2, 0) is 32.6 Å². The van der Waals surface area contributed by atoms with Gasteiger partial charge in [0.25, 0.3) is 10.0 Å². The van der Waals surface area contributed by atoms with Crippen molar-refractivity contribution in [2.24, 2.45) is 0 Å². The molecule has 0 spiro atoms. The Balaban J connectivity index is 1.57. The van der Waals surface area contributed by atoms with Gasteiger partial charge in [0.15, 0.2) is 0 Å². The molecule has 5 rings (SSSR count). The summed E-state index contributed by atoms with van der Waals surface area (Å²) in [5, 5.41) is 3.22. The van der Waals surface area contributed by atoms with Crippen LogP contribution in [0, 0.1) is 20.8 Å². The van der Waals surface area contributed by atoms with Crippen LogP contribution in [0.25, 0.3) is 0 Å². The molecule has 2 amide bonds. The summed E-state index contributed by atoms with van der Waals surface area (Å²) in [6.45, 7) is 5.40. The van der Waals surface area contributed by atoms with Crippen LogP contribution in [0.1, 0.15) is 53.5 Å². The largest absolute Gasteiger partial charge is 0.352 e. The van der Waals surface area contributed by atoms with Crippen LogP contribution in [0.2, 0.25) is 0 Å². The zero-order valence-electron chi connectivity index (χ0n) is 26.9. The van der Waals surface area contributed by atoms with Crippen LogP contribution in [-0.4, -0.2) is 43.8 Å². The van der Waals surface area contributed by atoms with Crippen molar-refractivity contribution in [2.75, 3.05) is 10.8 Å². The smallest absolute Gasteiger partial charge is 0.264 e. The molecular formula is C38H43N3O4S. The number of para-hydroxylation sites is 1. The molecular weight excluding hydrogens is 595 g/mol. The highest BCUT2D eigenvalue weighted by molar-refractivity contribution is 7.92. The summed E-state index contributed by atoms with van der Waals surface area (Å²) in [7, 11) is -4.14. The van der Waals surface area contributed by atoms with Crippen molar-refractivity contribution < 1.29 is 18.0 Å². The van der Waals surface area contributed by atoms with Crippen LogP contribution >= 0.6 is 0 Å². The molecule has 0 heterocycles. The van der Waals surface area contributed by atoms with E-state index in [0.717, 1.165) is 53.5 Å². The summed E-state index contributed by atoms with van der Waals surface area (Å²) < 4.78 is 29.7. The highest BCUT2D eigenvalue weighted by atomic mass is 32.2. The molecule has 0 aliphatic heterocycles. The zero-order chi connectivity index (χ0) is 32.7. The monoisotopic (exact) mass is 637 g/mol. The number of carbonyl (C=O) groups is 2. The summed E-state index contributed by atoms with van der Waals surface area (Å²) in [5.41, 5.74) is 4.88. The number of amides is 2. The van der Waals surface area contributed by atoms with Gasteiger partial charge in [0.2, 0.25) is 11.8 Å². The van der Waals surface area contributed by atoms with Crippen molar-refractivity contribution in [2.45, 2.75) is 76.4 Å². The maximum absolute atomic E-state index is 14.7. The summed E-state index contributed by atoms with van der Waals surface area (Å²) in [4.78, 5) is 30.5. The molecule has 1 atom stereocenters. The first-order chi connectivity index (χ1) is 22.1. The molecule has 1 unspecified atom stereocenters. The number of carbonyl (C=O) groups excluding carboxylic acids is 2. The highest BCUT2D eigenvalue weighted by Crippen LogP contribution is 2.28. The standard InChI is InChI=1S/C38H43N3O4S/c1-28-20-22-34(23-21-28)46(44,45)41(35-19-10-7-13-30(35)3)27-37(42)40(26-32-16-11-12-29(2)24-32)36(25-31-14-5-4-6-15-31)38(43)39-33-17-8-9-18-33/h4-7,10-16,19-24,33,36H,8-9,17-18,25-27H2,1-3H3,(H,39,43). The SMILES string of the molecule is Cc1ccc(S(=O)(=O)N(CC(=O)N(Cc2cccc(C)c2)C(Cc2ccccc2)C(=O)NC2CCCC2)c2ccccc2C)cc1. The second-order valence-electron chi connectivity index (χ2n) is 12.3. The van der Waals surface area contributed by atoms with E-state index < -0.39 is 28.5 Å². The Bertz CT molecular complexity index is 1750. The average Bonchev–Trinajstić information content (AvgIpc) is 3.55. The number of rotatable bonds is 12. The van der Waals surface area contributed by atoms with Gasteiger partial charge in [0.1, 0.15) is 12.6 Å². The molecule has 4 aromatic carbocycles. The molecule has 0 radical (unpaired) electrons. The summed E-state index contributed by atoms with van der Waals surface area (Å²) in [5.74, 6) is -0.677. The fraction of sp³-hybridized carbons (Fsp3) is 0.316. The van der Waals surface area contributed by atoms with Crippen molar-refractivity contribution in [3.63, 3.8) is 0 Å². The van der Waals surface area contributed by atoms with Crippen molar-refractivity contribution in [3.05, 3.63) is 131 Å². The van der Waals surface area contributed by atoms with Crippen molar-refractivity contribution in [3.8, 4) is 0 Å². The minimum absolute atomic E-state index is 0.0621. The van der Waals surface area contributed by atoms with Gasteiger partial charge < -0.3 is 10.2 Å². The maximum atomic E-state index is 14.7. The van der Waals surface area contributed by atoms with E-state index in [9.17, 15) is 18.0 Å². The molecule has 1 fully saturated rings. The van der Waals surface area contributed by atoms with Gasteiger partial charge >= 0.3 is 0 Å². The number of hydrogen-bond donors (Lipinski definition) is 1. The molecule has 46 heavy (non-hydrogen) atoms. The Morgan fingerprint density at radius 2 is 1.43 bits per heavy atom. The molecule has 1 aliphatic carbocycles. The van der Waals surface area contributed by atoms with Gasteiger partial charge in [-0.05, 0) is 68.5 Å². The predicted molar refractivity (Wildman–Crippen MR) is 183 cm³/mol. The number of aryl methyl sites for hydroxylation is 3. The Morgan fingerprint density at radius 3 is 2.11 bits per heavy atom. The van der Waals surface area contributed by atoms with E-state index in [2.05, 4.69) is 5.32 Å². The van der Waals surface area contributed by atoms with E-state index in [0.29, 0.717) is 12.1 Å². The van der Waals surface area contributed by atoms with Crippen LogP contribution < -0.4 is 9.62 Å². The predicted octanol–water partition coefficient (Wildman–Crippen LogP) is 6.51. The minimum atomic E-state index is -4.14. The van der Waals surface area contributed by atoms with Gasteiger partial charge in [-0.2, -0.15) is 0 Å². The number of nitrogens with one attached hydrogen (secondary N) is 1. The maximum Gasteiger partial charge on any atom is 0.264 e. The fourth-order valence-corrected chi connectivity index (χ4v) is 7.60.